The van der Waals surface area contributed by atoms with Gasteiger partial charge in [0.25, 0.3) is 5.91 Å². The van der Waals surface area contributed by atoms with E-state index in [1.54, 1.807) is 17.5 Å². The first-order chi connectivity index (χ1) is 14.5. The van der Waals surface area contributed by atoms with E-state index in [1.165, 1.54) is 4.88 Å². The SMILES string of the molecule is Cc1ccc(C(=O)N2CCC(N3C(=O)C4(CCCC4)C3c3scnc3C)CC2)cn1. The van der Waals surface area contributed by atoms with Crippen LogP contribution in [0.1, 0.15) is 71.2 Å². The lowest BCUT2D eigenvalue weighted by Crippen LogP contribution is -2.66. The zero-order valence-corrected chi connectivity index (χ0v) is 18.5. The maximum Gasteiger partial charge on any atom is 0.255 e. The predicted molar refractivity (Wildman–Crippen MR) is 115 cm³/mol. The Kier molecular flexibility index (Phi) is 4.88. The highest BCUT2D eigenvalue weighted by Crippen LogP contribution is 2.61. The summed E-state index contributed by atoms with van der Waals surface area (Å²) in [4.78, 5) is 40.3. The molecule has 0 N–H and O–H groups in total. The van der Waals surface area contributed by atoms with Crippen LogP contribution in [-0.2, 0) is 4.79 Å². The number of hydrogen-bond acceptors (Lipinski definition) is 5. The molecule has 1 spiro atoms. The van der Waals surface area contributed by atoms with Crippen molar-refractivity contribution < 1.29 is 9.59 Å². The molecule has 3 aliphatic rings. The molecule has 5 rings (SSSR count). The number of hydrogen-bond donors (Lipinski definition) is 0. The van der Waals surface area contributed by atoms with Crippen molar-refractivity contribution in [2.24, 2.45) is 5.41 Å². The van der Waals surface area contributed by atoms with Gasteiger partial charge in [-0.05, 0) is 51.7 Å². The van der Waals surface area contributed by atoms with Crippen molar-refractivity contribution >= 4 is 23.2 Å². The van der Waals surface area contributed by atoms with E-state index in [0.29, 0.717) is 24.6 Å². The van der Waals surface area contributed by atoms with Gasteiger partial charge in [-0.2, -0.15) is 0 Å². The first-order valence-corrected chi connectivity index (χ1v) is 11.8. The summed E-state index contributed by atoms with van der Waals surface area (Å²) < 4.78 is 0. The molecular formula is C23H28N4O2S. The number of carbonyl (C=O) groups is 2. The summed E-state index contributed by atoms with van der Waals surface area (Å²) >= 11 is 1.69. The van der Waals surface area contributed by atoms with Gasteiger partial charge < -0.3 is 9.80 Å². The highest BCUT2D eigenvalue weighted by Gasteiger charge is 2.64. The first-order valence-electron chi connectivity index (χ1n) is 11.0. The van der Waals surface area contributed by atoms with E-state index in [9.17, 15) is 9.59 Å². The van der Waals surface area contributed by atoms with Crippen LogP contribution in [0.2, 0.25) is 0 Å². The third-order valence-electron chi connectivity index (χ3n) is 7.29. The fourth-order valence-electron chi connectivity index (χ4n) is 5.64. The summed E-state index contributed by atoms with van der Waals surface area (Å²) in [5.41, 5.74) is 4.32. The third kappa shape index (κ3) is 2.97. The molecule has 6 nitrogen and oxygen atoms in total. The standard InChI is InChI=1S/C23H28N4O2S/c1-15-5-6-17(13-24-15)21(28)26-11-7-18(8-12-26)27-20(19-16(2)25-14-30-19)23(22(27)29)9-3-4-10-23/h5-6,13-14,18,20H,3-4,7-12H2,1-2H3. The molecule has 1 unspecified atom stereocenters. The van der Waals surface area contributed by atoms with Gasteiger partial charge in [-0.15, -0.1) is 11.3 Å². The van der Waals surface area contributed by atoms with E-state index in [0.717, 1.165) is 49.9 Å². The monoisotopic (exact) mass is 424 g/mol. The lowest BCUT2D eigenvalue weighted by atomic mass is 9.67. The van der Waals surface area contributed by atoms with Crippen molar-refractivity contribution in [1.29, 1.82) is 0 Å². The minimum atomic E-state index is -0.197. The van der Waals surface area contributed by atoms with Crippen LogP contribution in [0.5, 0.6) is 0 Å². The van der Waals surface area contributed by atoms with Crippen LogP contribution >= 0.6 is 11.3 Å². The Bertz CT molecular complexity index is 956. The van der Waals surface area contributed by atoms with E-state index in [-0.39, 0.29) is 23.4 Å². The van der Waals surface area contributed by atoms with Crippen LogP contribution in [0.4, 0.5) is 0 Å². The lowest BCUT2D eigenvalue weighted by molar-refractivity contribution is -0.180. The minimum absolute atomic E-state index is 0.0398. The summed E-state index contributed by atoms with van der Waals surface area (Å²) in [6.45, 7) is 5.35. The van der Waals surface area contributed by atoms with Gasteiger partial charge in [-0.25, -0.2) is 4.98 Å². The maximum atomic E-state index is 13.4. The number of likely N-dealkylation sites (tertiary alicyclic amines) is 2. The van der Waals surface area contributed by atoms with E-state index in [4.69, 9.17) is 0 Å². The number of pyridine rings is 1. The van der Waals surface area contributed by atoms with Crippen molar-refractivity contribution in [3.63, 3.8) is 0 Å². The number of rotatable bonds is 3. The Hall–Kier alpha value is -2.28. The Labute approximate surface area is 181 Å². The smallest absolute Gasteiger partial charge is 0.255 e. The number of amides is 2. The number of aromatic nitrogens is 2. The van der Waals surface area contributed by atoms with Gasteiger partial charge >= 0.3 is 0 Å². The van der Waals surface area contributed by atoms with Gasteiger partial charge in [0.2, 0.25) is 5.91 Å². The van der Waals surface area contributed by atoms with Gasteiger partial charge in [0.15, 0.2) is 0 Å². The van der Waals surface area contributed by atoms with Crippen molar-refractivity contribution in [1.82, 2.24) is 19.8 Å². The Morgan fingerprint density at radius 3 is 2.47 bits per heavy atom. The van der Waals surface area contributed by atoms with E-state index in [1.807, 2.05) is 29.5 Å². The van der Waals surface area contributed by atoms with Crippen LogP contribution < -0.4 is 0 Å². The predicted octanol–water partition coefficient (Wildman–Crippen LogP) is 3.90. The second kappa shape index (κ2) is 7.45. The number of aryl methyl sites for hydroxylation is 2. The summed E-state index contributed by atoms with van der Waals surface area (Å²) in [7, 11) is 0. The Morgan fingerprint density at radius 1 is 1.13 bits per heavy atom. The number of β-lactam (4-membered cyclic amide) rings is 1. The van der Waals surface area contributed by atoms with Crippen LogP contribution in [0.25, 0.3) is 0 Å². The molecule has 1 saturated carbocycles. The minimum Gasteiger partial charge on any atom is -0.338 e. The largest absolute Gasteiger partial charge is 0.338 e. The summed E-state index contributed by atoms with van der Waals surface area (Å²) in [6.07, 6.45) is 7.62. The van der Waals surface area contributed by atoms with Gasteiger partial charge in [-0.1, -0.05) is 12.8 Å². The average Bonchev–Trinajstić information content (AvgIpc) is 3.43. The maximum absolute atomic E-state index is 13.4. The van der Waals surface area contributed by atoms with Crippen LogP contribution in [-0.4, -0.2) is 50.7 Å². The number of nitrogens with zero attached hydrogens (tertiary/aromatic N) is 4. The van der Waals surface area contributed by atoms with Crippen LogP contribution in [0.15, 0.2) is 23.8 Å². The molecule has 2 amide bonds. The molecule has 3 fully saturated rings. The zero-order chi connectivity index (χ0) is 20.9. The third-order valence-corrected chi connectivity index (χ3v) is 8.28. The second-order valence-corrected chi connectivity index (χ2v) is 9.88. The molecule has 2 aromatic heterocycles. The van der Waals surface area contributed by atoms with Gasteiger partial charge in [0, 0.05) is 31.0 Å². The molecule has 1 atom stereocenters. The number of thiazole rings is 1. The number of carbonyl (C=O) groups excluding carboxylic acids is 2. The zero-order valence-electron chi connectivity index (χ0n) is 17.6. The van der Waals surface area contributed by atoms with Crippen LogP contribution in [0, 0.1) is 19.3 Å². The molecule has 7 heteroatoms. The van der Waals surface area contributed by atoms with Gasteiger partial charge in [0.1, 0.15) is 0 Å². The van der Waals surface area contributed by atoms with E-state index < -0.39 is 0 Å². The molecule has 2 saturated heterocycles. The first kappa shape index (κ1) is 19.7. The molecule has 2 aromatic rings. The average molecular weight is 425 g/mol. The summed E-state index contributed by atoms with van der Waals surface area (Å²) in [5, 5.41) is 0. The number of piperidine rings is 1. The van der Waals surface area contributed by atoms with Crippen molar-refractivity contribution in [2.75, 3.05) is 13.1 Å². The van der Waals surface area contributed by atoms with Crippen LogP contribution in [0.3, 0.4) is 0 Å². The summed E-state index contributed by atoms with van der Waals surface area (Å²) in [5.74, 6) is 0.378. The normalized spacial score (nSPS) is 23.8. The highest BCUT2D eigenvalue weighted by atomic mass is 32.1. The Balaban J connectivity index is 1.31. The summed E-state index contributed by atoms with van der Waals surface area (Å²) in [6, 6.07) is 4.10. The quantitative estimate of drug-likeness (QED) is 0.701. The van der Waals surface area contributed by atoms with Gasteiger partial charge in [0.05, 0.1) is 33.1 Å². The molecule has 1 aliphatic carbocycles. The molecule has 2 aliphatic heterocycles. The molecule has 0 aromatic carbocycles. The lowest BCUT2D eigenvalue weighted by Gasteiger charge is -2.58. The fraction of sp³-hybridized carbons (Fsp3) is 0.565. The van der Waals surface area contributed by atoms with Crippen molar-refractivity contribution in [3.05, 3.63) is 45.7 Å². The Morgan fingerprint density at radius 2 is 1.87 bits per heavy atom. The van der Waals surface area contributed by atoms with E-state index in [2.05, 4.69) is 21.8 Å². The fourth-order valence-corrected chi connectivity index (χ4v) is 6.65. The van der Waals surface area contributed by atoms with E-state index >= 15 is 0 Å². The highest BCUT2D eigenvalue weighted by molar-refractivity contribution is 7.09. The molecular weight excluding hydrogens is 396 g/mol. The molecule has 4 heterocycles. The van der Waals surface area contributed by atoms with Crippen molar-refractivity contribution in [2.45, 2.75) is 64.5 Å². The topological polar surface area (TPSA) is 66.4 Å². The molecule has 0 bridgehead atoms. The molecule has 30 heavy (non-hydrogen) atoms. The molecule has 0 radical (unpaired) electrons. The second-order valence-electron chi connectivity index (χ2n) is 8.99. The van der Waals surface area contributed by atoms with Gasteiger partial charge in [-0.3, -0.25) is 14.6 Å². The van der Waals surface area contributed by atoms with Crippen molar-refractivity contribution in [3.8, 4) is 0 Å². The molecule has 158 valence electrons.